The molecule has 0 bridgehead atoms. The summed E-state index contributed by atoms with van der Waals surface area (Å²) >= 11 is 1.20. The smallest absolute Gasteiger partial charge is 0.343 e. The minimum atomic E-state index is -1.07. The van der Waals surface area contributed by atoms with Gasteiger partial charge in [0.15, 0.2) is 23.0 Å². The van der Waals surface area contributed by atoms with Gasteiger partial charge in [0.1, 0.15) is 13.2 Å². The average Bonchev–Trinajstić information content (AvgIpc) is 1.85. The number of aliphatic imine (C=N–C) groups is 1. The first-order valence-electron chi connectivity index (χ1n) is 29.8. The van der Waals surface area contributed by atoms with E-state index in [0.29, 0.717) is 98.8 Å². The van der Waals surface area contributed by atoms with Crippen LogP contribution in [0.5, 0.6) is 34.8 Å². The van der Waals surface area contributed by atoms with Crippen LogP contribution in [0.15, 0.2) is 108 Å². The zero-order valence-corrected chi connectivity index (χ0v) is 53.2. The number of ether oxygens (including phenoxy) is 5. The predicted molar refractivity (Wildman–Crippen MR) is 343 cm³/mol. The van der Waals surface area contributed by atoms with Gasteiger partial charge in [-0.25, -0.2) is 4.79 Å². The molecule has 1 aromatic heterocycles. The van der Waals surface area contributed by atoms with Gasteiger partial charge in [0.05, 0.1) is 60.2 Å². The summed E-state index contributed by atoms with van der Waals surface area (Å²) in [5, 5.41) is 26.3. The molecule has 0 fully saturated rings. The van der Waals surface area contributed by atoms with Gasteiger partial charge >= 0.3 is 5.97 Å². The van der Waals surface area contributed by atoms with Crippen LogP contribution in [0.4, 0.5) is 28.4 Å². The first-order chi connectivity index (χ1) is 42.2. The fraction of sp³-hybridized carbons (Fsp3) is 0.412. The lowest BCUT2D eigenvalue weighted by Gasteiger charge is -2.46. The van der Waals surface area contributed by atoms with E-state index in [4.69, 9.17) is 33.5 Å². The number of anilines is 4. The van der Waals surface area contributed by atoms with Gasteiger partial charge in [0.2, 0.25) is 23.6 Å². The molecule has 6 aromatic rings. The normalized spacial score (nSPS) is 15.9. The molecule has 470 valence electrons. The Balaban J connectivity index is 0.967. The fourth-order valence-corrected chi connectivity index (χ4v) is 12.8. The molecule has 0 saturated heterocycles. The maximum atomic E-state index is 15.8. The molecule has 4 N–H and O–H groups in total. The lowest BCUT2D eigenvalue weighted by atomic mass is 9.76. The van der Waals surface area contributed by atoms with Crippen molar-refractivity contribution < 1.29 is 62.7 Å². The van der Waals surface area contributed by atoms with Crippen LogP contribution in [-0.4, -0.2) is 119 Å². The Labute approximate surface area is 523 Å². The number of nitrogens with one attached hydrogen (secondary N) is 2. The summed E-state index contributed by atoms with van der Waals surface area (Å²) in [5.41, 5.74) is 3.93. The second-order valence-electron chi connectivity index (χ2n) is 25.8. The molecular formula is C68H79N7O13S. The van der Waals surface area contributed by atoms with Crippen molar-refractivity contribution in [2.24, 2.45) is 15.8 Å². The maximum absolute atomic E-state index is 15.8. The quantitative estimate of drug-likeness (QED) is 0.0437. The summed E-state index contributed by atoms with van der Waals surface area (Å²) in [6, 6.07) is 30.4. The third-order valence-electron chi connectivity index (χ3n) is 16.4. The second kappa shape index (κ2) is 25.4. The van der Waals surface area contributed by atoms with Crippen molar-refractivity contribution in [2.45, 2.75) is 124 Å². The minimum absolute atomic E-state index is 0.0297. The van der Waals surface area contributed by atoms with Gasteiger partial charge in [-0.3, -0.25) is 29.1 Å². The number of hydrogen-bond acceptors (Lipinski definition) is 16. The van der Waals surface area contributed by atoms with Crippen LogP contribution in [0.25, 0.3) is 0 Å². The van der Waals surface area contributed by atoms with E-state index >= 15 is 4.79 Å². The Morgan fingerprint density at radius 3 is 1.96 bits per heavy atom. The van der Waals surface area contributed by atoms with Crippen molar-refractivity contribution in [3.05, 3.63) is 137 Å². The van der Waals surface area contributed by atoms with Crippen LogP contribution >= 0.6 is 11.8 Å². The number of para-hydroxylation sites is 2. The highest BCUT2D eigenvalue weighted by atomic mass is 32.2. The van der Waals surface area contributed by atoms with E-state index in [1.165, 1.54) is 38.1 Å². The second-order valence-corrected chi connectivity index (χ2v) is 26.9. The molecule has 21 heteroatoms. The van der Waals surface area contributed by atoms with Crippen LogP contribution in [0.3, 0.4) is 0 Å². The first kappa shape index (κ1) is 63.3. The van der Waals surface area contributed by atoms with Crippen LogP contribution in [-0.2, 0) is 45.2 Å². The summed E-state index contributed by atoms with van der Waals surface area (Å²) in [5.74, 6) is -0.831. The highest BCUT2D eigenvalue weighted by Gasteiger charge is 2.45. The number of nitrogens with zero attached hydrogens (tertiary/aromatic N) is 5. The van der Waals surface area contributed by atoms with Gasteiger partial charge in [0.25, 0.3) is 11.8 Å². The number of rotatable bonds is 23. The molecule has 0 saturated carbocycles. The predicted octanol–water partition coefficient (Wildman–Crippen LogP) is 10.6. The molecule has 10 rings (SSSR count). The Morgan fingerprint density at radius 1 is 0.719 bits per heavy atom. The lowest BCUT2D eigenvalue weighted by Crippen LogP contribution is -2.56. The molecule has 0 radical (unpaired) electrons. The van der Waals surface area contributed by atoms with Crippen molar-refractivity contribution in [3.63, 3.8) is 0 Å². The molecule has 20 nitrogen and oxygen atoms in total. The lowest BCUT2D eigenvalue weighted by molar-refractivity contribution is -0.142. The third kappa shape index (κ3) is 13.7. The van der Waals surface area contributed by atoms with Gasteiger partial charge < -0.3 is 59.2 Å². The van der Waals surface area contributed by atoms with Crippen LogP contribution in [0.1, 0.15) is 118 Å². The molecule has 4 amide bonds. The highest BCUT2D eigenvalue weighted by Crippen LogP contribution is 2.45. The monoisotopic (exact) mass is 1230 g/mol. The van der Waals surface area contributed by atoms with Crippen LogP contribution in [0.2, 0.25) is 0 Å². The number of amides is 4. The molecule has 5 heterocycles. The summed E-state index contributed by atoms with van der Waals surface area (Å²) in [6.45, 7) is 18.1. The van der Waals surface area contributed by atoms with Gasteiger partial charge in [0, 0.05) is 95.8 Å². The number of hydrogen-bond donors (Lipinski definition) is 4. The highest BCUT2D eigenvalue weighted by molar-refractivity contribution is 7.99. The van der Waals surface area contributed by atoms with Gasteiger partial charge in [-0.15, -0.1) is 16.5 Å². The average molecular weight is 1230 g/mol. The number of carbonyl (C=O) groups is 5. The van der Waals surface area contributed by atoms with Crippen molar-refractivity contribution in [1.29, 1.82) is 0 Å². The summed E-state index contributed by atoms with van der Waals surface area (Å²) in [4.78, 5) is 86.7. The van der Waals surface area contributed by atoms with Crippen molar-refractivity contribution in [3.8, 4) is 34.8 Å². The Kier molecular flexibility index (Phi) is 18.1. The molecule has 4 aliphatic rings. The SMILES string of the molecule is COc1cc2c(cc1OCc1cc(COc3cc4c(cc3OC)C(=O)N3c5ccccc5CC3CN4)cc(N(C(=O)C(C)(C)CCOC(C)(C)C)C(C)(C)CC(C)(C)C(=O)NCCSCC(=O)On3c(O)ccc3O)c1)N=CC1Cc3ccccc3N1C2=O. The third-order valence-corrected chi connectivity index (χ3v) is 17.4. The topological polar surface area (TPSA) is 232 Å². The van der Waals surface area contributed by atoms with E-state index in [2.05, 4.69) is 16.7 Å². The standard InChI is InChI=1S/C68H79N7O13S/c1-65(2,3)87-24-22-66(4,5)64(82)74(68(8,9)40-67(6,7)63(81)69-23-25-89-39-60(78)88-75-58(76)20-21-59(75)77)45-27-41(37-85-56-33-50-48(31-54(56)83-10)61(79)72-46(35-70-50)29-43-16-12-14-18-52(43)72)26-42(28-45)38-86-57-34-51-49(32-55(57)84-11)62(80)73-47(36-71-51)30-44-17-13-15-19-53(44)73/h12-21,26-28,31-35,46-47,71,76-77H,22-25,29-30,36-40H2,1-11H3,(H,69,81). The Bertz CT molecular complexity index is 3720. The molecule has 4 aliphatic heterocycles. The number of benzene rings is 5. The number of carbonyl (C=O) groups excluding carboxylic acids is 5. The summed E-state index contributed by atoms with van der Waals surface area (Å²) < 4.78 is 32.1. The van der Waals surface area contributed by atoms with Crippen molar-refractivity contribution in [1.82, 2.24) is 10.0 Å². The van der Waals surface area contributed by atoms with Gasteiger partial charge in [-0.2, -0.15) is 0 Å². The molecule has 2 unspecified atom stereocenters. The maximum Gasteiger partial charge on any atom is 0.343 e. The van der Waals surface area contributed by atoms with Crippen LogP contribution in [0, 0.1) is 10.8 Å². The number of fused-ring (bicyclic) bond motifs is 8. The number of methoxy groups -OCH3 is 2. The molecule has 0 spiro atoms. The Hall–Kier alpha value is -8.69. The zero-order valence-electron chi connectivity index (χ0n) is 52.4. The minimum Gasteiger partial charge on any atom is -0.493 e. The van der Waals surface area contributed by atoms with E-state index in [-0.39, 0.29) is 67.6 Å². The van der Waals surface area contributed by atoms with Gasteiger partial charge in [-0.1, -0.05) is 64.1 Å². The zero-order chi connectivity index (χ0) is 63.7. The first-order valence-corrected chi connectivity index (χ1v) is 31.0. The van der Waals surface area contributed by atoms with E-state index in [0.717, 1.165) is 28.9 Å². The van der Waals surface area contributed by atoms with Crippen molar-refractivity contribution >= 4 is 76.0 Å². The largest absolute Gasteiger partial charge is 0.493 e. The number of aromatic nitrogens is 1. The van der Waals surface area contributed by atoms with E-state index in [1.54, 1.807) is 40.3 Å². The fourth-order valence-electron chi connectivity index (χ4n) is 12.2. The Morgan fingerprint density at radius 2 is 1.31 bits per heavy atom. The summed E-state index contributed by atoms with van der Waals surface area (Å²) in [6.07, 6.45) is 3.70. The van der Waals surface area contributed by atoms with E-state index in [9.17, 15) is 29.4 Å². The molecule has 2 atom stereocenters. The van der Waals surface area contributed by atoms with E-state index < -0.39 is 39.7 Å². The molecular weight excluding hydrogens is 1150 g/mol. The van der Waals surface area contributed by atoms with Crippen molar-refractivity contribution in [2.75, 3.05) is 65.4 Å². The van der Waals surface area contributed by atoms with Crippen LogP contribution < -0.4 is 49.1 Å². The van der Waals surface area contributed by atoms with E-state index in [1.807, 2.05) is 128 Å². The molecule has 0 aliphatic carbocycles. The number of aromatic hydroxyl groups is 2. The molecule has 5 aromatic carbocycles. The molecule has 89 heavy (non-hydrogen) atoms. The summed E-state index contributed by atoms with van der Waals surface area (Å²) in [7, 11) is 3.04. The number of thioether (sulfide) groups is 1. The van der Waals surface area contributed by atoms with Gasteiger partial charge in [-0.05, 0) is 119 Å².